The van der Waals surface area contributed by atoms with Gasteiger partial charge in [-0.15, -0.1) is 0 Å². The van der Waals surface area contributed by atoms with Crippen molar-refractivity contribution in [3.63, 3.8) is 0 Å². The summed E-state index contributed by atoms with van der Waals surface area (Å²) in [6.07, 6.45) is 4.30. The van der Waals surface area contributed by atoms with Gasteiger partial charge >= 0.3 is 0 Å². The van der Waals surface area contributed by atoms with Crippen molar-refractivity contribution in [2.24, 2.45) is 5.73 Å². The SMILES string of the molecule is CC[C@H](N)c1ccc(-n2ccnc2C#N)cc1. The first kappa shape index (κ1) is 11.4. The summed E-state index contributed by atoms with van der Waals surface area (Å²) in [5.41, 5.74) is 7.98. The van der Waals surface area contributed by atoms with Gasteiger partial charge in [0.2, 0.25) is 5.82 Å². The highest BCUT2D eigenvalue weighted by Crippen LogP contribution is 2.17. The Labute approximate surface area is 100 Å². The van der Waals surface area contributed by atoms with E-state index in [0.717, 1.165) is 17.7 Å². The van der Waals surface area contributed by atoms with Crippen LogP contribution in [0.5, 0.6) is 0 Å². The van der Waals surface area contributed by atoms with E-state index in [0.29, 0.717) is 5.82 Å². The van der Waals surface area contributed by atoms with Crippen molar-refractivity contribution in [3.8, 4) is 11.8 Å². The summed E-state index contributed by atoms with van der Waals surface area (Å²) in [4.78, 5) is 3.96. The van der Waals surface area contributed by atoms with E-state index in [1.54, 1.807) is 17.0 Å². The van der Waals surface area contributed by atoms with Gasteiger partial charge in [0, 0.05) is 24.1 Å². The maximum absolute atomic E-state index is 8.90. The summed E-state index contributed by atoms with van der Waals surface area (Å²) in [5, 5.41) is 8.90. The number of rotatable bonds is 3. The number of nitriles is 1. The third-order valence-electron chi connectivity index (χ3n) is 2.78. The number of nitrogens with zero attached hydrogens (tertiary/aromatic N) is 3. The van der Waals surface area contributed by atoms with Crippen LogP contribution in [0.1, 0.15) is 30.8 Å². The minimum absolute atomic E-state index is 0.0716. The highest BCUT2D eigenvalue weighted by atomic mass is 15.1. The fourth-order valence-electron chi connectivity index (χ4n) is 1.71. The molecule has 1 heterocycles. The van der Waals surface area contributed by atoms with Gasteiger partial charge in [-0.1, -0.05) is 19.1 Å². The molecule has 2 rings (SSSR count). The smallest absolute Gasteiger partial charge is 0.217 e. The first-order chi connectivity index (χ1) is 8.26. The molecule has 0 saturated heterocycles. The van der Waals surface area contributed by atoms with E-state index >= 15 is 0 Å². The standard InChI is InChI=1S/C13H14N4/c1-2-12(15)10-3-5-11(6-4-10)17-8-7-16-13(17)9-14/h3-8,12H,2,15H2,1H3/t12-/m0/s1. The highest BCUT2D eigenvalue weighted by Gasteiger charge is 2.06. The molecule has 1 aromatic carbocycles. The average Bonchev–Trinajstić information content (AvgIpc) is 2.86. The van der Waals surface area contributed by atoms with Crippen molar-refractivity contribution in [3.05, 3.63) is 48.0 Å². The van der Waals surface area contributed by atoms with Crippen LogP contribution in [-0.4, -0.2) is 9.55 Å². The molecule has 0 aliphatic rings. The van der Waals surface area contributed by atoms with E-state index in [2.05, 4.69) is 11.9 Å². The van der Waals surface area contributed by atoms with Gasteiger partial charge in [-0.25, -0.2) is 4.98 Å². The van der Waals surface area contributed by atoms with E-state index < -0.39 is 0 Å². The molecule has 0 unspecified atom stereocenters. The van der Waals surface area contributed by atoms with Crippen molar-refractivity contribution < 1.29 is 0 Å². The molecule has 0 aliphatic carbocycles. The summed E-state index contributed by atoms with van der Waals surface area (Å²) >= 11 is 0. The van der Waals surface area contributed by atoms with Crippen molar-refractivity contribution in [2.75, 3.05) is 0 Å². The Kier molecular flexibility index (Phi) is 3.22. The fourth-order valence-corrected chi connectivity index (χ4v) is 1.71. The second-order valence-corrected chi connectivity index (χ2v) is 3.84. The van der Waals surface area contributed by atoms with Gasteiger partial charge in [0.15, 0.2) is 0 Å². The van der Waals surface area contributed by atoms with E-state index in [-0.39, 0.29) is 6.04 Å². The molecule has 0 amide bonds. The molecular weight excluding hydrogens is 212 g/mol. The topological polar surface area (TPSA) is 67.6 Å². The first-order valence-electron chi connectivity index (χ1n) is 5.55. The highest BCUT2D eigenvalue weighted by molar-refractivity contribution is 5.38. The lowest BCUT2D eigenvalue weighted by Gasteiger charge is -2.10. The first-order valence-corrected chi connectivity index (χ1v) is 5.55. The molecule has 0 fully saturated rings. The van der Waals surface area contributed by atoms with Gasteiger partial charge in [0.25, 0.3) is 0 Å². The molecule has 1 aromatic heterocycles. The quantitative estimate of drug-likeness (QED) is 0.871. The summed E-state index contributed by atoms with van der Waals surface area (Å²) in [6, 6.07) is 10.0. The van der Waals surface area contributed by atoms with Crippen molar-refractivity contribution >= 4 is 0 Å². The number of aromatic nitrogens is 2. The number of hydrogen-bond donors (Lipinski definition) is 1. The van der Waals surface area contributed by atoms with Crippen LogP contribution in [0.3, 0.4) is 0 Å². The van der Waals surface area contributed by atoms with Gasteiger partial charge < -0.3 is 5.73 Å². The van der Waals surface area contributed by atoms with Gasteiger partial charge in [-0.2, -0.15) is 5.26 Å². The summed E-state index contributed by atoms with van der Waals surface area (Å²) in [5.74, 6) is 0.387. The van der Waals surface area contributed by atoms with E-state index in [9.17, 15) is 0 Å². The fraction of sp³-hybridized carbons (Fsp3) is 0.231. The number of hydrogen-bond acceptors (Lipinski definition) is 3. The van der Waals surface area contributed by atoms with Crippen molar-refractivity contribution in [2.45, 2.75) is 19.4 Å². The van der Waals surface area contributed by atoms with Crippen LogP contribution in [0, 0.1) is 11.3 Å². The van der Waals surface area contributed by atoms with Crippen LogP contribution in [0.25, 0.3) is 5.69 Å². The molecule has 2 N–H and O–H groups in total. The second kappa shape index (κ2) is 4.81. The maximum Gasteiger partial charge on any atom is 0.217 e. The van der Waals surface area contributed by atoms with Crippen LogP contribution in [0.4, 0.5) is 0 Å². The number of imidazole rings is 1. The van der Waals surface area contributed by atoms with Crippen LogP contribution < -0.4 is 5.73 Å². The summed E-state index contributed by atoms with van der Waals surface area (Å²) in [7, 11) is 0. The Bertz CT molecular complexity index is 533. The summed E-state index contributed by atoms with van der Waals surface area (Å²) in [6.45, 7) is 2.06. The Morgan fingerprint density at radius 1 is 1.41 bits per heavy atom. The molecule has 0 aliphatic heterocycles. The molecule has 2 aromatic rings. The Morgan fingerprint density at radius 3 is 2.71 bits per heavy atom. The summed E-state index contributed by atoms with van der Waals surface area (Å²) < 4.78 is 1.75. The lowest BCUT2D eigenvalue weighted by molar-refractivity contribution is 0.698. The number of benzene rings is 1. The lowest BCUT2D eigenvalue weighted by atomic mass is 10.1. The van der Waals surface area contributed by atoms with Crippen LogP contribution in [0.15, 0.2) is 36.7 Å². The second-order valence-electron chi connectivity index (χ2n) is 3.84. The predicted octanol–water partition coefficient (Wildman–Crippen LogP) is 2.15. The molecule has 1 atom stereocenters. The Hall–Kier alpha value is -2.12. The van der Waals surface area contributed by atoms with Crippen molar-refractivity contribution in [1.82, 2.24) is 9.55 Å². The van der Waals surface area contributed by atoms with Gasteiger partial charge in [0.1, 0.15) is 6.07 Å². The Morgan fingerprint density at radius 2 is 2.12 bits per heavy atom. The minimum atomic E-state index is 0.0716. The maximum atomic E-state index is 8.90. The number of nitrogens with two attached hydrogens (primary N) is 1. The molecular formula is C13H14N4. The molecule has 0 spiro atoms. The van der Waals surface area contributed by atoms with Gasteiger partial charge in [-0.3, -0.25) is 4.57 Å². The zero-order valence-electron chi connectivity index (χ0n) is 9.67. The van der Waals surface area contributed by atoms with Gasteiger partial charge in [0.05, 0.1) is 0 Å². The third kappa shape index (κ3) is 2.19. The lowest BCUT2D eigenvalue weighted by Crippen LogP contribution is -2.08. The van der Waals surface area contributed by atoms with Crippen molar-refractivity contribution in [1.29, 1.82) is 5.26 Å². The van der Waals surface area contributed by atoms with Crippen LogP contribution >= 0.6 is 0 Å². The van der Waals surface area contributed by atoms with E-state index in [4.69, 9.17) is 11.0 Å². The molecule has 4 nitrogen and oxygen atoms in total. The average molecular weight is 226 g/mol. The molecule has 86 valence electrons. The molecule has 0 bridgehead atoms. The third-order valence-corrected chi connectivity index (χ3v) is 2.78. The Balaban J connectivity index is 2.33. The normalized spacial score (nSPS) is 12.1. The zero-order valence-corrected chi connectivity index (χ0v) is 9.67. The van der Waals surface area contributed by atoms with Crippen LogP contribution in [-0.2, 0) is 0 Å². The molecule has 4 heteroatoms. The molecule has 0 saturated carbocycles. The van der Waals surface area contributed by atoms with Gasteiger partial charge in [-0.05, 0) is 24.1 Å². The molecule has 0 radical (unpaired) electrons. The molecule has 17 heavy (non-hydrogen) atoms. The predicted molar refractivity (Wildman–Crippen MR) is 65.5 cm³/mol. The minimum Gasteiger partial charge on any atom is -0.324 e. The largest absolute Gasteiger partial charge is 0.324 e. The van der Waals surface area contributed by atoms with E-state index in [1.165, 1.54) is 0 Å². The zero-order chi connectivity index (χ0) is 12.3. The van der Waals surface area contributed by atoms with E-state index in [1.807, 2.05) is 30.3 Å². The van der Waals surface area contributed by atoms with Crippen LogP contribution in [0.2, 0.25) is 0 Å². The monoisotopic (exact) mass is 226 g/mol.